The second kappa shape index (κ2) is 11.8. The first kappa shape index (κ1) is 23.9. The number of hydrogen-bond donors (Lipinski definition) is 1. The molecule has 0 aliphatic heterocycles. The number of halogens is 1. The number of methoxy groups -OCH3 is 1. The normalized spacial score (nSPS) is 14.6. The predicted octanol–water partition coefficient (Wildman–Crippen LogP) is 4.59. The summed E-state index contributed by atoms with van der Waals surface area (Å²) in [5.74, 6) is 0.923. The van der Waals surface area contributed by atoms with Gasteiger partial charge in [-0.25, -0.2) is 0 Å². The minimum Gasteiger partial charge on any atom is -0.497 e. The minimum absolute atomic E-state index is 0.105. The van der Waals surface area contributed by atoms with E-state index in [1.807, 2.05) is 19.1 Å². The Morgan fingerprint density at radius 1 is 1.06 bits per heavy atom. The van der Waals surface area contributed by atoms with Gasteiger partial charge >= 0.3 is 0 Å². The third-order valence-corrected chi connectivity index (χ3v) is 6.03. The van der Waals surface area contributed by atoms with E-state index in [9.17, 15) is 9.59 Å². The lowest BCUT2D eigenvalue weighted by Crippen LogP contribution is -2.52. The molecule has 2 amide bonds. The molecular formula is C25H31ClN2O4. The summed E-state index contributed by atoms with van der Waals surface area (Å²) >= 11 is 6.01. The Morgan fingerprint density at radius 2 is 1.69 bits per heavy atom. The smallest absolute Gasteiger partial charge is 0.261 e. The number of nitrogens with zero attached hydrogens (tertiary/aromatic N) is 1. The highest BCUT2D eigenvalue weighted by Gasteiger charge is 2.30. The number of amides is 2. The summed E-state index contributed by atoms with van der Waals surface area (Å²) in [6.45, 7) is 2.07. The fourth-order valence-electron chi connectivity index (χ4n) is 3.97. The van der Waals surface area contributed by atoms with Crippen LogP contribution in [0.1, 0.15) is 44.6 Å². The van der Waals surface area contributed by atoms with Crippen molar-refractivity contribution in [1.82, 2.24) is 10.2 Å². The zero-order valence-corrected chi connectivity index (χ0v) is 19.4. The van der Waals surface area contributed by atoms with E-state index in [1.54, 1.807) is 48.4 Å². The number of nitrogens with one attached hydrogen (secondary N) is 1. The molecule has 2 aromatic rings. The first-order valence-electron chi connectivity index (χ1n) is 11.1. The van der Waals surface area contributed by atoms with Crippen molar-refractivity contribution in [3.8, 4) is 11.5 Å². The van der Waals surface area contributed by atoms with Crippen molar-refractivity contribution in [2.75, 3.05) is 13.7 Å². The van der Waals surface area contributed by atoms with Crippen LogP contribution in [0.4, 0.5) is 0 Å². The lowest BCUT2D eigenvalue weighted by atomic mass is 10.1. The van der Waals surface area contributed by atoms with Crippen LogP contribution in [0, 0.1) is 0 Å². The topological polar surface area (TPSA) is 67.9 Å². The van der Waals surface area contributed by atoms with Gasteiger partial charge < -0.3 is 19.7 Å². The van der Waals surface area contributed by atoms with E-state index in [-0.39, 0.29) is 24.5 Å². The van der Waals surface area contributed by atoms with Crippen LogP contribution >= 0.6 is 11.6 Å². The third kappa shape index (κ3) is 6.63. The molecule has 0 aromatic heterocycles. The fourth-order valence-corrected chi connectivity index (χ4v) is 4.10. The summed E-state index contributed by atoms with van der Waals surface area (Å²) in [6.07, 6.45) is 4.76. The number of carbonyl (C=O) groups is 2. The van der Waals surface area contributed by atoms with Crippen LogP contribution in [0.5, 0.6) is 11.5 Å². The Labute approximate surface area is 194 Å². The highest BCUT2D eigenvalue weighted by Crippen LogP contribution is 2.21. The molecule has 6 nitrogen and oxygen atoms in total. The van der Waals surface area contributed by atoms with E-state index >= 15 is 0 Å². The van der Waals surface area contributed by atoms with Crippen molar-refractivity contribution in [3.63, 3.8) is 0 Å². The Morgan fingerprint density at radius 3 is 2.28 bits per heavy atom. The monoisotopic (exact) mass is 458 g/mol. The Balaban J connectivity index is 1.73. The number of carbonyl (C=O) groups excluding carboxylic acids is 2. The third-order valence-electron chi connectivity index (χ3n) is 5.78. The molecule has 1 aliphatic rings. The van der Waals surface area contributed by atoms with Crippen LogP contribution in [0.2, 0.25) is 5.02 Å². The molecule has 0 radical (unpaired) electrons. The average molecular weight is 459 g/mol. The van der Waals surface area contributed by atoms with Gasteiger partial charge in [0.1, 0.15) is 17.5 Å². The lowest BCUT2D eigenvalue weighted by molar-refractivity contribution is -0.143. The fraction of sp³-hybridized carbons (Fsp3) is 0.440. The molecule has 1 atom stereocenters. The van der Waals surface area contributed by atoms with Crippen molar-refractivity contribution in [3.05, 3.63) is 59.1 Å². The molecule has 0 unspecified atom stereocenters. The van der Waals surface area contributed by atoms with E-state index in [4.69, 9.17) is 21.1 Å². The van der Waals surface area contributed by atoms with Gasteiger partial charge in [-0.1, -0.05) is 43.5 Å². The summed E-state index contributed by atoms with van der Waals surface area (Å²) in [6, 6.07) is 14.0. The van der Waals surface area contributed by atoms with E-state index in [1.165, 1.54) is 0 Å². The molecule has 0 heterocycles. The van der Waals surface area contributed by atoms with Crippen molar-refractivity contribution in [2.45, 2.75) is 57.7 Å². The number of hydrogen-bond acceptors (Lipinski definition) is 4. The van der Waals surface area contributed by atoms with Gasteiger partial charge in [-0.05, 0) is 61.2 Å². The SMILES string of the molecule is CC[C@@H](C(=O)NC1CCCC1)N(Cc1ccc(Cl)cc1)C(=O)COc1ccc(OC)cc1. The summed E-state index contributed by atoms with van der Waals surface area (Å²) < 4.78 is 10.9. The predicted molar refractivity (Wildman–Crippen MR) is 125 cm³/mol. The van der Waals surface area contributed by atoms with Gasteiger partial charge in [-0.3, -0.25) is 9.59 Å². The largest absolute Gasteiger partial charge is 0.497 e. The molecule has 0 spiro atoms. The molecule has 1 N–H and O–H groups in total. The van der Waals surface area contributed by atoms with Crippen molar-refractivity contribution < 1.29 is 19.1 Å². The molecule has 2 aromatic carbocycles. The van der Waals surface area contributed by atoms with Gasteiger partial charge in [-0.2, -0.15) is 0 Å². The lowest BCUT2D eigenvalue weighted by Gasteiger charge is -2.31. The molecule has 3 rings (SSSR count). The van der Waals surface area contributed by atoms with E-state index in [2.05, 4.69) is 5.32 Å². The highest BCUT2D eigenvalue weighted by atomic mass is 35.5. The van der Waals surface area contributed by atoms with Crippen LogP contribution in [0.15, 0.2) is 48.5 Å². The average Bonchev–Trinajstić information content (AvgIpc) is 3.32. The Hall–Kier alpha value is -2.73. The maximum Gasteiger partial charge on any atom is 0.261 e. The van der Waals surface area contributed by atoms with Gasteiger partial charge in [0.05, 0.1) is 7.11 Å². The Bertz CT molecular complexity index is 880. The van der Waals surface area contributed by atoms with Crippen LogP contribution in [0.3, 0.4) is 0 Å². The minimum atomic E-state index is -0.571. The van der Waals surface area contributed by atoms with Crippen LogP contribution in [-0.2, 0) is 16.1 Å². The summed E-state index contributed by atoms with van der Waals surface area (Å²) in [7, 11) is 1.59. The summed E-state index contributed by atoms with van der Waals surface area (Å²) in [5.41, 5.74) is 0.902. The molecule has 1 saturated carbocycles. The second-order valence-electron chi connectivity index (χ2n) is 8.03. The first-order chi connectivity index (χ1) is 15.5. The summed E-state index contributed by atoms with van der Waals surface area (Å²) in [5, 5.41) is 3.76. The van der Waals surface area contributed by atoms with Crippen molar-refractivity contribution in [2.24, 2.45) is 0 Å². The summed E-state index contributed by atoms with van der Waals surface area (Å²) in [4.78, 5) is 27.9. The van der Waals surface area contributed by atoms with Gasteiger partial charge in [0.2, 0.25) is 5.91 Å². The van der Waals surface area contributed by atoms with E-state index < -0.39 is 6.04 Å². The zero-order chi connectivity index (χ0) is 22.9. The molecule has 1 aliphatic carbocycles. The Kier molecular flexibility index (Phi) is 8.80. The number of ether oxygens (including phenoxy) is 2. The van der Waals surface area contributed by atoms with Gasteiger partial charge in [0.25, 0.3) is 5.91 Å². The standard InChI is InChI=1S/C25H31ClN2O4/c1-3-23(25(30)27-20-6-4-5-7-20)28(16-18-8-10-19(26)11-9-18)24(29)17-32-22-14-12-21(31-2)13-15-22/h8-15,20,23H,3-7,16-17H2,1-2H3,(H,27,30)/t23-/m0/s1. The van der Waals surface area contributed by atoms with Crippen molar-refractivity contribution in [1.29, 1.82) is 0 Å². The van der Waals surface area contributed by atoms with Gasteiger partial charge in [-0.15, -0.1) is 0 Å². The van der Waals surface area contributed by atoms with Gasteiger partial charge in [0.15, 0.2) is 6.61 Å². The maximum absolute atomic E-state index is 13.2. The molecule has 0 saturated heterocycles. The number of rotatable bonds is 10. The molecule has 32 heavy (non-hydrogen) atoms. The molecule has 0 bridgehead atoms. The second-order valence-corrected chi connectivity index (χ2v) is 8.46. The van der Waals surface area contributed by atoms with E-state index in [0.717, 1.165) is 31.2 Å². The number of benzene rings is 2. The van der Waals surface area contributed by atoms with Crippen molar-refractivity contribution >= 4 is 23.4 Å². The molecule has 7 heteroatoms. The molecular weight excluding hydrogens is 428 g/mol. The maximum atomic E-state index is 13.2. The zero-order valence-electron chi connectivity index (χ0n) is 18.7. The van der Waals surface area contributed by atoms with Crippen LogP contribution in [0.25, 0.3) is 0 Å². The van der Waals surface area contributed by atoms with Gasteiger partial charge in [0, 0.05) is 17.6 Å². The quantitative estimate of drug-likeness (QED) is 0.565. The highest BCUT2D eigenvalue weighted by molar-refractivity contribution is 6.30. The molecule has 1 fully saturated rings. The van der Waals surface area contributed by atoms with Crippen LogP contribution < -0.4 is 14.8 Å². The van der Waals surface area contributed by atoms with Crippen LogP contribution in [-0.4, -0.2) is 42.5 Å². The molecule has 172 valence electrons. The first-order valence-corrected chi connectivity index (χ1v) is 11.5. The van der Waals surface area contributed by atoms with E-state index in [0.29, 0.717) is 29.5 Å².